The van der Waals surface area contributed by atoms with Gasteiger partial charge in [-0.25, -0.2) is 14.8 Å². The number of thiophene rings is 1. The molecule has 2 aromatic carbocycles. The molecule has 6 nitrogen and oxygen atoms in total. The first kappa shape index (κ1) is 21.5. The Bertz CT molecular complexity index is 1290. The number of rotatable bonds is 6. The monoisotopic (exact) mass is 517 g/mol. The maximum atomic E-state index is 11.5. The van der Waals surface area contributed by atoms with Gasteiger partial charge >= 0.3 is 5.97 Å². The first-order valence-corrected chi connectivity index (χ1v) is 11.3. The topological polar surface area (TPSA) is 84.3 Å². The average Bonchev–Trinajstić information content (AvgIpc) is 3.15. The van der Waals surface area contributed by atoms with Gasteiger partial charge in [-0.3, -0.25) is 0 Å². The fraction of sp³-hybridized carbons (Fsp3) is 0.136. The molecule has 0 saturated carbocycles. The molecule has 0 fully saturated rings. The first-order valence-electron chi connectivity index (χ1n) is 9.33. The molecule has 2 N–H and O–H groups in total. The standard InChI is InChI=1S/C22H17BrClN3O3S/c1-3-17-18(11-4-6-12(23)7-5-11)19-20(25-10-26-21(19)31-17)27-15-9-16(30-2)13(22(28)29)8-14(15)24/h4-10H,3H2,1-2H3,(H,28,29)(H,25,26,27). The lowest BCUT2D eigenvalue weighted by atomic mass is 10.0. The highest BCUT2D eigenvalue weighted by atomic mass is 79.9. The number of carboxylic acids is 1. The van der Waals surface area contributed by atoms with Crippen molar-refractivity contribution in [3.05, 3.63) is 62.7 Å². The molecule has 0 saturated heterocycles. The molecule has 0 atom stereocenters. The number of benzene rings is 2. The van der Waals surface area contributed by atoms with Crippen LogP contribution in [0.2, 0.25) is 5.02 Å². The van der Waals surface area contributed by atoms with E-state index in [1.807, 2.05) is 12.1 Å². The number of halogens is 2. The third kappa shape index (κ3) is 4.11. The molecule has 0 spiro atoms. The van der Waals surface area contributed by atoms with E-state index in [4.69, 9.17) is 16.3 Å². The number of aromatic nitrogens is 2. The molecule has 0 aliphatic carbocycles. The number of methoxy groups -OCH3 is 1. The molecule has 31 heavy (non-hydrogen) atoms. The zero-order chi connectivity index (χ0) is 22.1. The fourth-order valence-corrected chi connectivity index (χ4v) is 4.93. The van der Waals surface area contributed by atoms with E-state index in [1.165, 1.54) is 24.4 Å². The molecule has 4 rings (SSSR count). The highest BCUT2D eigenvalue weighted by Gasteiger charge is 2.20. The second-order valence-corrected chi connectivity index (χ2v) is 9.03. The van der Waals surface area contributed by atoms with Gasteiger partial charge in [0.2, 0.25) is 0 Å². The van der Waals surface area contributed by atoms with E-state index in [2.05, 4.69) is 50.3 Å². The molecule has 0 bridgehead atoms. The van der Waals surface area contributed by atoms with Gasteiger partial charge in [-0.1, -0.05) is 46.6 Å². The Morgan fingerprint density at radius 2 is 2.00 bits per heavy atom. The van der Waals surface area contributed by atoms with E-state index in [9.17, 15) is 9.90 Å². The van der Waals surface area contributed by atoms with Crippen LogP contribution in [-0.4, -0.2) is 28.2 Å². The lowest BCUT2D eigenvalue weighted by molar-refractivity contribution is 0.0693. The summed E-state index contributed by atoms with van der Waals surface area (Å²) in [5.74, 6) is -0.319. The minimum absolute atomic E-state index is 0.00904. The smallest absolute Gasteiger partial charge is 0.339 e. The third-order valence-corrected chi connectivity index (χ3v) is 6.87. The van der Waals surface area contributed by atoms with Gasteiger partial charge in [0, 0.05) is 21.0 Å². The summed E-state index contributed by atoms with van der Waals surface area (Å²) in [7, 11) is 1.42. The van der Waals surface area contributed by atoms with E-state index in [-0.39, 0.29) is 16.3 Å². The second kappa shape index (κ2) is 8.82. The zero-order valence-corrected chi connectivity index (χ0v) is 19.7. The Morgan fingerprint density at radius 1 is 1.26 bits per heavy atom. The lowest BCUT2D eigenvalue weighted by Crippen LogP contribution is -2.03. The van der Waals surface area contributed by atoms with E-state index < -0.39 is 5.97 Å². The van der Waals surface area contributed by atoms with Crippen molar-refractivity contribution in [1.82, 2.24) is 9.97 Å². The molecule has 158 valence electrons. The van der Waals surface area contributed by atoms with E-state index in [1.54, 1.807) is 17.4 Å². The summed E-state index contributed by atoms with van der Waals surface area (Å²) >= 11 is 11.5. The Hall–Kier alpha value is -2.68. The first-order chi connectivity index (χ1) is 14.9. The summed E-state index contributed by atoms with van der Waals surface area (Å²) in [5.41, 5.74) is 2.62. The van der Waals surface area contributed by atoms with Gasteiger partial charge in [0.25, 0.3) is 0 Å². The van der Waals surface area contributed by atoms with Gasteiger partial charge in [-0.05, 0) is 30.2 Å². The minimum atomic E-state index is -1.11. The van der Waals surface area contributed by atoms with Crippen LogP contribution in [-0.2, 0) is 6.42 Å². The van der Waals surface area contributed by atoms with Crippen LogP contribution in [0.5, 0.6) is 5.75 Å². The second-order valence-electron chi connectivity index (χ2n) is 6.63. The Balaban J connectivity index is 1.89. The largest absolute Gasteiger partial charge is 0.496 e. The summed E-state index contributed by atoms with van der Waals surface area (Å²) in [6.07, 6.45) is 2.36. The molecule has 4 aromatic rings. The van der Waals surface area contributed by atoms with Gasteiger partial charge in [0.05, 0.1) is 23.2 Å². The SMILES string of the molecule is CCc1sc2ncnc(Nc3cc(OC)c(C(=O)O)cc3Cl)c2c1-c1ccc(Br)cc1. The number of aromatic carboxylic acids is 1. The molecule has 0 aliphatic rings. The van der Waals surface area contributed by atoms with Gasteiger partial charge in [-0.2, -0.15) is 0 Å². The highest BCUT2D eigenvalue weighted by molar-refractivity contribution is 9.10. The van der Waals surface area contributed by atoms with Crippen molar-refractivity contribution in [1.29, 1.82) is 0 Å². The molecule has 9 heteroatoms. The maximum absolute atomic E-state index is 11.5. The van der Waals surface area contributed by atoms with Crippen molar-refractivity contribution in [2.45, 2.75) is 13.3 Å². The van der Waals surface area contributed by atoms with Crippen molar-refractivity contribution < 1.29 is 14.6 Å². The van der Waals surface area contributed by atoms with E-state index >= 15 is 0 Å². The van der Waals surface area contributed by atoms with Crippen molar-refractivity contribution in [3.63, 3.8) is 0 Å². The molecule has 0 aliphatic heterocycles. The molecule has 2 aromatic heterocycles. The molecule has 2 heterocycles. The molecular weight excluding hydrogens is 502 g/mol. The third-order valence-electron chi connectivity index (χ3n) is 4.79. The molecule has 0 unspecified atom stereocenters. The molecule has 0 amide bonds. The van der Waals surface area contributed by atoms with Crippen LogP contribution in [0.4, 0.5) is 11.5 Å². The minimum Gasteiger partial charge on any atom is -0.496 e. The predicted octanol–water partition coefficient (Wildman–Crippen LogP) is 6.79. The summed E-state index contributed by atoms with van der Waals surface area (Å²) in [6, 6.07) is 11.0. The number of hydrogen-bond acceptors (Lipinski definition) is 6. The van der Waals surface area contributed by atoms with Crippen LogP contribution >= 0.6 is 38.9 Å². The maximum Gasteiger partial charge on any atom is 0.339 e. The number of anilines is 2. The van der Waals surface area contributed by atoms with Crippen LogP contribution in [0.1, 0.15) is 22.2 Å². The van der Waals surface area contributed by atoms with Crippen LogP contribution in [0.15, 0.2) is 47.2 Å². The normalized spacial score (nSPS) is 11.0. The molecule has 0 radical (unpaired) electrons. The Labute approximate surface area is 196 Å². The number of nitrogens with one attached hydrogen (secondary N) is 1. The van der Waals surface area contributed by atoms with Crippen LogP contribution in [0, 0.1) is 0 Å². The average molecular weight is 519 g/mol. The van der Waals surface area contributed by atoms with Crippen molar-refractivity contribution in [2.75, 3.05) is 12.4 Å². The summed E-state index contributed by atoms with van der Waals surface area (Å²) < 4.78 is 6.24. The van der Waals surface area contributed by atoms with Crippen molar-refractivity contribution in [3.8, 4) is 16.9 Å². The van der Waals surface area contributed by atoms with Crippen LogP contribution < -0.4 is 10.1 Å². The van der Waals surface area contributed by atoms with Crippen molar-refractivity contribution in [2.24, 2.45) is 0 Å². The fourth-order valence-electron chi connectivity index (χ4n) is 3.36. The van der Waals surface area contributed by atoms with Crippen LogP contribution in [0.3, 0.4) is 0 Å². The van der Waals surface area contributed by atoms with Gasteiger partial charge in [0.1, 0.15) is 28.3 Å². The molecular formula is C22H17BrClN3O3S. The number of fused-ring (bicyclic) bond motifs is 1. The Kier molecular flexibility index (Phi) is 6.13. The number of carbonyl (C=O) groups is 1. The van der Waals surface area contributed by atoms with Gasteiger partial charge in [-0.15, -0.1) is 11.3 Å². The lowest BCUT2D eigenvalue weighted by Gasteiger charge is -2.13. The van der Waals surface area contributed by atoms with E-state index in [0.29, 0.717) is 11.5 Å². The predicted molar refractivity (Wildman–Crippen MR) is 128 cm³/mol. The van der Waals surface area contributed by atoms with Gasteiger partial charge in [0.15, 0.2) is 0 Å². The summed E-state index contributed by atoms with van der Waals surface area (Å²) in [5, 5.41) is 13.8. The number of hydrogen-bond donors (Lipinski definition) is 2. The highest BCUT2D eigenvalue weighted by Crippen LogP contribution is 2.43. The number of ether oxygens (including phenoxy) is 1. The van der Waals surface area contributed by atoms with E-state index in [0.717, 1.165) is 32.2 Å². The summed E-state index contributed by atoms with van der Waals surface area (Å²) in [6.45, 7) is 2.11. The zero-order valence-electron chi connectivity index (χ0n) is 16.6. The Morgan fingerprint density at radius 3 is 2.65 bits per heavy atom. The quantitative estimate of drug-likeness (QED) is 0.292. The number of carboxylic acid groups (broad SMARTS) is 1. The summed E-state index contributed by atoms with van der Waals surface area (Å²) in [4.78, 5) is 22.5. The number of aryl methyl sites for hydroxylation is 1. The number of nitrogens with zero attached hydrogens (tertiary/aromatic N) is 2. The van der Waals surface area contributed by atoms with Crippen LogP contribution in [0.25, 0.3) is 21.3 Å². The van der Waals surface area contributed by atoms with Gasteiger partial charge < -0.3 is 15.2 Å². The van der Waals surface area contributed by atoms with Crippen molar-refractivity contribution >= 4 is 66.6 Å².